The normalized spacial score (nSPS) is 25.1. The number of aromatic hydroxyl groups is 1. The van der Waals surface area contributed by atoms with Gasteiger partial charge >= 0.3 is 0 Å². The highest BCUT2D eigenvalue weighted by Crippen LogP contribution is 2.35. The fourth-order valence-corrected chi connectivity index (χ4v) is 1.92. The Balaban J connectivity index is 2.53. The first-order valence-electron chi connectivity index (χ1n) is 4.71. The van der Waals surface area contributed by atoms with Gasteiger partial charge in [0.2, 0.25) is 0 Å². The third-order valence-corrected chi connectivity index (χ3v) is 2.71. The molecule has 0 saturated carbocycles. The highest BCUT2D eigenvalue weighted by atomic mass is 16.5. The summed E-state index contributed by atoms with van der Waals surface area (Å²) in [5.74, 6) is -0.272. The molecule has 1 aromatic carbocycles. The molecule has 1 aromatic rings. The Bertz CT molecular complexity index is 400. The van der Waals surface area contributed by atoms with Crippen LogP contribution >= 0.6 is 0 Å². The Hall–Kier alpha value is -1.39. The summed E-state index contributed by atoms with van der Waals surface area (Å²) in [5.41, 5.74) is 0.663. The molecule has 2 N–H and O–H groups in total. The summed E-state index contributed by atoms with van der Waals surface area (Å²) in [4.78, 5) is 11.7. The van der Waals surface area contributed by atoms with Crippen molar-refractivity contribution >= 4 is 5.78 Å². The maximum atomic E-state index is 11.7. The first-order chi connectivity index (χ1) is 7.15. The SMILES string of the molecule is COC1CC(=O)c2c(O)cccc2C1O. The lowest BCUT2D eigenvalue weighted by atomic mass is 9.86. The van der Waals surface area contributed by atoms with Crippen LogP contribution in [0.15, 0.2) is 18.2 Å². The van der Waals surface area contributed by atoms with Gasteiger partial charge in [-0.05, 0) is 11.6 Å². The van der Waals surface area contributed by atoms with Gasteiger partial charge in [0.25, 0.3) is 0 Å². The second-order valence-electron chi connectivity index (χ2n) is 3.59. The molecule has 4 heteroatoms. The molecule has 2 atom stereocenters. The van der Waals surface area contributed by atoms with Crippen LogP contribution in [0, 0.1) is 0 Å². The van der Waals surface area contributed by atoms with Crippen LogP contribution in [0.25, 0.3) is 0 Å². The summed E-state index contributed by atoms with van der Waals surface area (Å²) in [6, 6.07) is 4.67. The Kier molecular flexibility index (Phi) is 2.46. The molecule has 0 aliphatic heterocycles. The quantitative estimate of drug-likeness (QED) is 0.723. The topological polar surface area (TPSA) is 66.8 Å². The van der Waals surface area contributed by atoms with Crippen LogP contribution in [0.4, 0.5) is 0 Å². The number of aliphatic hydroxyl groups excluding tert-OH is 1. The predicted octanol–water partition coefficient (Wildman–Crippen LogP) is 1.03. The molecule has 0 amide bonds. The number of ether oxygens (including phenoxy) is 1. The second-order valence-corrected chi connectivity index (χ2v) is 3.59. The third-order valence-electron chi connectivity index (χ3n) is 2.71. The monoisotopic (exact) mass is 208 g/mol. The molecule has 0 spiro atoms. The van der Waals surface area contributed by atoms with Crippen molar-refractivity contribution in [2.75, 3.05) is 7.11 Å². The lowest BCUT2D eigenvalue weighted by Gasteiger charge is -2.28. The Morgan fingerprint density at radius 2 is 2.20 bits per heavy atom. The van der Waals surface area contributed by atoms with Crippen molar-refractivity contribution in [3.05, 3.63) is 29.3 Å². The average molecular weight is 208 g/mol. The van der Waals surface area contributed by atoms with E-state index >= 15 is 0 Å². The number of phenols is 1. The van der Waals surface area contributed by atoms with Gasteiger partial charge in [0.05, 0.1) is 11.7 Å². The molecule has 1 aliphatic rings. The van der Waals surface area contributed by atoms with E-state index in [9.17, 15) is 15.0 Å². The molecule has 0 bridgehead atoms. The molecule has 2 rings (SSSR count). The highest BCUT2D eigenvalue weighted by molar-refractivity contribution is 6.01. The van der Waals surface area contributed by atoms with E-state index in [-0.39, 0.29) is 23.5 Å². The van der Waals surface area contributed by atoms with Crippen LogP contribution in [-0.2, 0) is 4.74 Å². The van der Waals surface area contributed by atoms with E-state index in [4.69, 9.17) is 4.74 Å². The molecule has 0 radical (unpaired) electrons. The lowest BCUT2D eigenvalue weighted by Crippen LogP contribution is -2.30. The summed E-state index contributed by atoms with van der Waals surface area (Å²) in [6.45, 7) is 0. The largest absolute Gasteiger partial charge is 0.507 e. The number of phenolic OH excluding ortho intramolecular Hbond substituents is 1. The molecular weight excluding hydrogens is 196 g/mol. The predicted molar refractivity (Wildman–Crippen MR) is 52.8 cm³/mol. The van der Waals surface area contributed by atoms with Gasteiger partial charge in [-0.25, -0.2) is 0 Å². The van der Waals surface area contributed by atoms with Crippen molar-refractivity contribution in [2.45, 2.75) is 18.6 Å². The molecule has 80 valence electrons. The van der Waals surface area contributed by atoms with Crippen LogP contribution in [0.3, 0.4) is 0 Å². The molecule has 1 aliphatic carbocycles. The number of Topliss-reactive ketones (excluding diaryl/α,β-unsaturated/α-hetero) is 1. The zero-order valence-electron chi connectivity index (χ0n) is 8.30. The van der Waals surface area contributed by atoms with Gasteiger partial charge < -0.3 is 14.9 Å². The number of carbonyl (C=O) groups excluding carboxylic acids is 1. The maximum absolute atomic E-state index is 11.7. The molecule has 2 unspecified atom stereocenters. The van der Waals surface area contributed by atoms with Gasteiger partial charge in [0.1, 0.15) is 11.9 Å². The fraction of sp³-hybridized carbons (Fsp3) is 0.364. The van der Waals surface area contributed by atoms with Crippen LogP contribution in [0.2, 0.25) is 0 Å². The zero-order valence-corrected chi connectivity index (χ0v) is 8.30. The van der Waals surface area contributed by atoms with E-state index < -0.39 is 12.2 Å². The number of fused-ring (bicyclic) bond motifs is 1. The van der Waals surface area contributed by atoms with Crippen molar-refractivity contribution in [1.29, 1.82) is 0 Å². The van der Waals surface area contributed by atoms with E-state index in [1.807, 2.05) is 0 Å². The maximum Gasteiger partial charge on any atom is 0.169 e. The van der Waals surface area contributed by atoms with Crippen LogP contribution in [0.1, 0.15) is 28.4 Å². The van der Waals surface area contributed by atoms with Crippen molar-refractivity contribution in [3.63, 3.8) is 0 Å². The number of hydrogen-bond acceptors (Lipinski definition) is 4. The van der Waals surface area contributed by atoms with Crippen molar-refractivity contribution in [1.82, 2.24) is 0 Å². The molecular formula is C11H12O4. The Morgan fingerprint density at radius 3 is 2.87 bits per heavy atom. The summed E-state index contributed by atoms with van der Waals surface area (Å²) in [7, 11) is 1.45. The first-order valence-corrected chi connectivity index (χ1v) is 4.71. The standard InChI is InChI=1S/C11H12O4/c1-15-9-5-8(13)10-6(11(9)14)3-2-4-7(10)12/h2-4,9,11-12,14H,5H2,1H3. The van der Waals surface area contributed by atoms with E-state index in [0.29, 0.717) is 5.56 Å². The summed E-state index contributed by atoms with van der Waals surface area (Å²) < 4.78 is 5.02. The number of methoxy groups -OCH3 is 1. The average Bonchev–Trinajstić information content (AvgIpc) is 2.23. The number of aliphatic hydroxyl groups is 1. The first kappa shape index (κ1) is 10.1. The zero-order chi connectivity index (χ0) is 11.0. The van der Waals surface area contributed by atoms with E-state index in [2.05, 4.69) is 0 Å². The van der Waals surface area contributed by atoms with Gasteiger partial charge in [-0.3, -0.25) is 4.79 Å². The highest BCUT2D eigenvalue weighted by Gasteiger charge is 2.34. The smallest absolute Gasteiger partial charge is 0.169 e. The van der Waals surface area contributed by atoms with Crippen LogP contribution in [0.5, 0.6) is 5.75 Å². The fourth-order valence-electron chi connectivity index (χ4n) is 1.92. The number of hydrogen-bond donors (Lipinski definition) is 2. The van der Waals surface area contributed by atoms with E-state index in [1.165, 1.54) is 13.2 Å². The van der Waals surface area contributed by atoms with E-state index in [1.54, 1.807) is 12.1 Å². The lowest BCUT2D eigenvalue weighted by molar-refractivity contribution is -0.0194. The number of carbonyl (C=O) groups is 1. The minimum atomic E-state index is -0.852. The van der Waals surface area contributed by atoms with Crippen molar-refractivity contribution < 1.29 is 19.7 Å². The summed E-state index contributed by atoms with van der Waals surface area (Å²) in [6.07, 6.45) is -1.27. The van der Waals surface area contributed by atoms with Gasteiger partial charge in [-0.2, -0.15) is 0 Å². The molecule has 4 nitrogen and oxygen atoms in total. The molecule has 0 fully saturated rings. The van der Waals surface area contributed by atoms with Gasteiger partial charge in [0.15, 0.2) is 5.78 Å². The molecule has 0 heterocycles. The second kappa shape index (κ2) is 3.64. The van der Waals surface area contributed by atoms with Crippen LogP contribution in [-0.4, -0.2) is 29.2 Å². The Morgan fingerprint density at radius 1 is 1.47 bits per heavy atom. The molecule has 15 heavy (non-hydrogen) atoms. The Labute approximate surface area is 87.1 Å². The van der Waals surface area contributed by atoms with Crippen molar-refractivity contribution in [3.8, 4) is 5.75 Å². The third kappa shape index (κ3) is 1.52. The minimum absolute atomic E-state index is 0.0777. The summed E-state index contributed by atoms with van der Waals surface area (Å²) >= 11 is 0. The van der Waals surface area contributed by atoms with Gasteiger partial charge in [-0.15, -0.1) is 0 Å². The van der Waals surface area contributed by atoms with Gasteiger partial charge in [0, 0.05) is 13.5 Å². The van der Waals surface area contributed by atoms with E-state index in [0.717, 1.165) is 0 Å². The number of benzene rings is 1. The number of ketones is 1. The summed E-state index contributed by atoms with van der Waals surface area (Å²) in [5, 5.41) is 19.4. The molecule has 0 aromatic heterocycles. The van der Waals surface area contributed by atoms with Gasteiger partial charge in [-0.1, -0.05) is 12.1 Å². The van der Waals surface area contributed by atoms with Crippen LogP contribution < -0.4 is 0 Å². The van der Waals surface area contributed by atoms with Crippen molar-refractivity contribution in [2.24, 2.45) is 0 Å². The number of rotatable bonds is 1. The molecule has 0 saturated heterocycles. The minimum Gasteiger partial charge on any atom is -0.507 e.